The zero-order valence-corrected chi connectivity index (χ0v) is 13.8. The van der Waals surface area contributed by atoms with Crippen molar-refractivity contribution in [1.29, 1.82) is 0 Å². The van der Waals surface area contributed by atoms with E-state index in [1.54, 1.807) is 30.0 Å². The minimum Gasteiger partial charge on any atom is -0.285 e. The number of thiazole rings is 1. The van der Waals surface area contributed by atoms with Crippen molar-refractivity contribution in [3.05, 3.63) is 40.9 Å². The van der Waals surface area contributed by atoms with Gasteiger partial charge in [0.25, 0.3) is 0 Å². The van der Waals surface area contributed by atoms with Crippen molar-refractivity contribution in [2.45, 2.75) is 43.4 Å². The Labute approximate surface area is 133 Å². The number of anilines is 1. The zero-order chi connectivity index (χ0) is 14.8. The summed E-state index contributed by atoms with van der Waals surface area (Å²) in [5, 5.41) is 2.92. The molecule has 0 aliphatic heterocycles. The first-order valence-corrected chi connectivity index (χ1v) is 8.93. The van der Waals surface area contributed by atoms with Crippen molar-refractivity contribution in [2.24, 2.45) is 0 Å². The number of thioether (sulfide) groups is 1. The van der Waals surface area contributed by atoms with E-state index in [9.17, 15) is 4.79 Å². The van der Waals surface area contributed by atoms with Gasteiger partial charge >= 0.3 is 0 Å². The molecule has 1 saturated carbocycles. The molecule has 1 aromatic carbocycles. The van der Waals surface area contributed by atoms with Gasteiger partial charge in [-0.25, -0.2) is 4.98 Å². The molecule has 110 valence electrons. The van der Waals surface area contributed by atoms with Crippen molar-refractivity contribution in [2.75, 3.05) is 4.90 Å². The largest absolute Gasteiger partial charge is 0.285 e. The Kier molecular flexibility index (Phi) is 4.31. The molecule has 0 radical (unpaired) electrons. The van der Waals surface area contributed by atoms with Crippen molar-refractivity contribution < 1.29 is 4.79 Å². The van der Waals surface area contributed by atoms with Gasteiger partial charge in [0.15, 0.2) is 5.13 Å². The average Bonchev–Trinajstić information content (AvgIpc) is 3.15. The van der Waals surface area contributed by atoms with Gasteiger partial charge in [0.05, 0.1) is 5.69 Å². The maximum atomic E-state index is 11.7. The molecule has 5 heteroatoms. The van der Waals surface area contributed by atoms with Gasteiger partial charge in [-0.3, -0.25) is 9.69 Å². The molecule has 1 aliphatic carbocycles. The summed E-state index contributed by atoms with van der Waals surface area (Å²) in [6.07, 6.45) is 2.21. The van der Waals surface area contributed by atoms with Crippen LogP contribution in [-0.4, -0.2) is 16.9 Å². The summed E-state index contributed by atoms with van der Waals surface area (Å²) in [5.41, 5.74) is 2.32. The summed E-state index contributed by atoms with van der Waals surface area (Å²) < 4.78 is 0. The van der Waals surface area contributed by atoms with Crippen LogP contribution in [0.15, 0.2) is 34.5 Å². The van der Waals surface area contributed by atoms with Crippen LogP contribution < -0.4 is 4.90 Å². The third-order valence-corrected chi connectivity index (χ3v) is 5.29. The number of aryl methyl sites for hydroxylation is 1. The smallest absolute Gasteiger partial charge is 0.225 e. The van der Waals surface area contributed by atoms with E-state index in [1.165, 1.54) is 10.5 Å². The normalized spacial score (nSPS) is 14.2. The molecule has 1 amide bonds. The highest BCUT2D eigenvalue weighted by molar-refractivity contribution is 7.98. The van der Waals surface area contributed by atoms with Gasteiger partial charge in [0, 0.05) is 29.0 Å². The predicted octanol–water partition coefficient (Wildman–Crippen LogP) is 4.26. The summed E-state index contributed by atoms with van der Waals surface area (Å²) >= 11 is 3.36. The molecular formula is C16H18N2OS2. The Hall–Kier alpha value is -1.33. The van der Waals surface area contributed by atoms with E-state index in [0.717, 1.165) is 29.4 Å². The molecule has 21 heavy (non-hydrogen) atoms. The lowest BCUT2D eigenvalue weighted by Crippen LogP contribution is -2.30. The quantitative estimate of drug-likeness (QED) is 0.772. The van der Waals surface area contributed by atoms with E-state index in [0.29, 0.717) is 6.04 Å². The van der Waals surface area contributed by atoms with Crippen LogP contribution in [-0.2, 0) is 10.5 Å². The number of carbonyl (C=O) groups is 1. The van der Waals surface area contributed by atoms with Gasteiger partial charge in [-0.15, -0.1) is 23.1 Å². The average molecular weight is 318 g/mol. The Bertz CT molecular complexity index is 649. The SMILES string of the molecule is CC(=O)N(c1nc(CSc2cccc(C)c2)cs1)C1CC1. The molecule has 1 aliphatic rings. The van der Waals surface area contributed by atoms with Crippen LogP contribution in [0.1, 0.15) is 31.0 Å². The number of hydrogen-bond donors (Lipinski definition) is 0. The van der Waals surface area contributed by atoms with E-state index >= 15 is 0 Å². The molecule has 0 bridgehead atoms. The van der Waals surface area contributed by atoms with Gasteiger partial charge in [0.2, 0.25) is 5.91 Å². The molecule has 1 aromatic heterocycles. The monoisotopic (exact) mass is 318 g/mol. The fourth-order valence-corrected chi connectivity index (χ4v) is 4.17. The zero-order valence-electron chi connectivity index (χ0n) is 12.2. The first-order valence-electron chi connectivity index (χ1n) is 7.07. The fraction of sp³-hybridized carbons (Fsp3) is 0.375. The van der Waals surface area contributed by atoms with E-state index in [-0.39, 0.29) is 5.91 Å². The summed E-state index contributed by atoms with van der Waals surface area (Å²) in [7, 11) is 0. The van der Waals surface area contributed by atoms with Crippen LogP contribution >= 0.6 is 23.1 Å². The summed E-state index contributed by atoms with van der Waals surface area (Å²) in [4.78, 5) is 19.5. The van der Waals surface area contributed by atoms with E-state index in [1.807, 2.05) is 4.90 Å². The molecular weight excluding hydrogens is 300 g/mol. The molecule has 0 N–H and O–H groups in total. The van der Waals surface area contributed by atoms with Gasteiger partial charge in [-0.05, 0) is 31.9 Å². The molecule has 3 nitrogen and oxygen atoms in total. The number of amides is 1. The Morgan fingerprint density at radius 1 is 1.48 bits per heavy atom. The number of rotatable bonds is 5. The summed E-state index contributed by atoms with van der Waals surface area (Å²) in [6.45, 7) is 3.73. The first-order chi connectivity index (χ1) is 10.1. The number of nitrogens with zero attached hydrogens (tertiary/aromatic N) is 2. The topological polar surface area (TPSA) is 33.2 Å². The molecule has 1 heterocycles. The highest BCUT2D eigenvalue weighted by atomic mass is 32.2. The number of carbonyl (C=O) groups excluding carboxylic acids is 1. The molecule has 0 unspecified atom stereocenters. The standard InChI is InChI=1S/C16H18N2OS2/c1-11-4-3-5-15(8-11)20-9-13-10-21-16(17-13)18(12(2)19)14-6-7-14/h3-5,8,10,14H,6-7,9H2,1-2H3. The predicted molar refractivity (Wildman–Crippen MR) is 89.0 cm³/mol. The van der Waals surface area contributed by atoms with Crippen LogP contribution in [0, 0.1) is 6.92 Å². The lowest BCUT2D eigenvalue weighted by Gasteiger charge is -2.16. The second-order valence-electron chi connectivity index (χ2n) is 5.35. The van der Waals surface area contributed by atoms with Gasteiger partial charge in [0.1, 0.15) is 0 Å². The van der Waals surface area contributed by atoms with Crippen LogP contribution in [0.2, 0.25) is 0 Å². The summed E-state index contributed by atoms with van der Waals surface area (Å²) in [5.74, 6) is 0.945. The number of hydrogen-bond acceptors (Lipinski definition) is 4. The molecule has 0 saturated heterocycles. The van der Waals surface area contributed by atoms with Crippen LogP contribution in [0.3, 0.4) is 0 Å². The van der Waals surface area contributed by atoms with Crippen LogP contribution in [0.25, 0.3) is 0 Å². The van der Waals surface area contributed by atoms with Gasteiger partial charge in [-0.2, -0.15) is 0 Å². The minimum atomic E-state index is 0.102. The number of aromatic nitrogens is 1. The van der Waals surface area contributed by atoms with E-state index in [4.69, 9.17) is 0 Å². The molecule has 2 aromatic rings. The second kappa shape index (κ2) is 6.20. The van der Waals surface area contributed by atoms with Gasteiger partial charge < -0.3 is 0 Å². The Morgan fingerprint density at radius 3 is 2.95 bits per heavy atom. The maximum Gasteiger partial charge on any atom is 0.225 e. The highest BCUT2D eigenvalue weighted by Gasteiger charge is 2.33. The Balaban J connectivity index is 1.66. The molecule has 0 atom stereocenters. The van der Waals surface area contributed by atoms with E-state index in [2.05, 4.69) is 41.6 Å². The lowest BCUT2D eigenvalue weighted by atomic mass is 10.2. The molecule has 1 fully saturated rings. The third kappa shape index (κ3) is 3.66. The third-order valence-electron chi connectivity index (χ3n) is 3.37. The first kappa shape index (κ1) is 14.6. The highest BCUT2D eigenvalue weighted by Crippen LogP contribution is 2.34. The summed E-state index contributed by atoms with van der Waals surface area (Å²) in [6, 6.07) is 8.87. The van der Waals surface area contributed by atoms with Crippen molar-refractivity contribution in [3.63, 3.8) is 0 Å². The molecule has 0 spiro atoms. The van der Waals surface area contributed by atoms with Crippen molar-refractivity contribution in [1.82, 2.24) is 4.98 Å². The van der Waals surface area contributed by atoms with E-state index < -0.39 is 0 Å². The maximum absolute atomic E-state index is 11.7. The second-order valence-corrected chi connectivity index (χ2v) is 7.23. The van der Waals surface area contributed by atoms with Crippen LogP contribution in [0.5, 0.6) is 0 Å². The fourth-order valence-electron chi connectivity index (χ4n) is 2.22. The Morgan fingerprint density at radius 2 is 2.29 bits per heavy atom. The van der Waals surface area contributed by atoms with Gasteiger partial charge in [-0.1, -0.05) is 17.7 Å². The molecule has 3 rings (SSSR count). The van der Waals surface area contributed by atoms with Crippen molar-refractivity contribution in [3.8, 4) is 0 Å². The van der Waals surface area contributed by atoms with Crippen LogP contribution in [0.4, 0.5) is 5.13 Å². The van der Waals surface area contributed by atoms with Crippen molar-refractivity contribution >= 4 is 34.1 Å². The number of benzene rings is 1. The minimum absolute atomic E-state index is 0.102. The lowest BCUT2D eigenvalue weighted by molar-refractivity contribution is -0.116.